The van der Waals surface area contributed by atoms with Crippen LogP contribution in [-0.2, 0) is 10.0 Å². The number of piperazine rings is 1. The maximum atomic E-state index is 13.2. The number of halogens is 1. The summed E-state index contributed by atoms with van der Waals surface area (Å²) < 4.78 is 33.3. The lowest BCUT2D eigenvalue weighted by atomic mass is 10.0. The molecule has 138 valence electrons. The number of rotatable bonds is 4. The van der Waals surface area contributed by atoms with Crippen molar-refractivity contribution in [2.45, 2.75) is 10.9 Å². The van der Waals surface area contributed by atoms with E-state index in [0.29, 0.717) is 30.9 Å². The number of ether oxygens (including phenoxy) is 1. The molecule has 3 rings (SSSR count). The summed E-state index contributed by atoms with van der Waals surface area (Å²) in [4.78, 5) is 0.133. The van der Waals surface area contributed by atoms with E-state index in [1.165, 1.54) is 16.4 Å². The third kappa shape index (κ3) is 3.84. The standard InChI is InChI=1S/C18H19N3O3S.ClH/c1-24-18-8-3-2-7-16(18)17-13-20-9-10-21(17)25(22,23)15-6-4-5-14(11-15)12-19;/h2-8,11,17,20H,9-10,13H2,1H3;1H. The first-order valence-corrected chi connectivity index (χ1v) is 9.37. The zero-order valence-corrected chi connectivity index (χ0v) is 15.9. The molecule has 1 saturated heterocycles. The molecule has 2 aromatic rings. The molecule has 0 saturated carbocycles. The van der Waals surface area contributed by atoms with Gasteiger partial charge in [-0.3, -0.25) is 0 Å². The molecule has 0 bridgehead atoms. The second-order valence-corrected chi connectivity index (χ2v) is 7.61. The minimum atomic E-state index is -3.73. The van der Waals surface area contributed by atoms with E-state index in [0.717, 1.165) is 5.56 Å². The first-order valence-electron chi connectivity index (χ1n) is 7.93. The van der Waals surface area contributed by atoms with Gasteiger partial charge in [0.2, 0.25) is 10.0 Å². The molecule has 6 nitrogen and oxygen atoms in total. The first-order chi connectivity index (χ1) is 12.1. The molecule has 1 atom stereocenters. The van der Waals surface area contributed by atoms with Crippen LogP contribution in [0.2, 0.25) is 0 Å². The molecule has 1 fully saturated rings. The van der Waals surface area contributed by atoms with Crippen molar-refractivity contribution in [3.05, 3.63) is 59.7 Å². The minimum Gasteiger partial charge on any atom is -0.496 e. The summed E-state index contributed by atoms with van der Waals surface area (Å²) >= 11 is 0. The molecule has 1 aliphatic rings. The summed E-state index contributed by atoms with van der Waals surface area (Å²) in [6.45, 7) is 1.42. The van der Waals surface area contributed by atoms with Crippen LogP contribution in [0, 0.1) is 11.3 Å². The molecule has 0 aliphatic carbocycles. The van der Waals surface area contributed by atoms with Crippen LogP contribution in [0.4, 0.5) is 0 Å². The van der Waals surface area contributed by atoms with Crippen LogP contribution in [0.15, 0.2) is 53.4 Å². The van der Waals surface area contributed by atoms with Crippen molar-refractivity contribution in [1.82, 2.24) is 9.62 Å². The van der Waals surface area contributed by atoms with Gasteiger partial charge in [0.15, 0.2) is 0 Å². The van der Waals surface area contributed by atoms with Crippen molar-refractivity contribution in [1.29, 1.82) is 5.26 Å². The molecular weight excluding hydrogens is 374 g/mol. The van der Waals surface area contributed by atoms with Crippen molar-refractivity contribution in [2.75, 3.05) is 26.7 Å². The fraction of sp³-hybridized carbons (Fsp3) is 0.278. The van der Waals surface area contributed by atoms with Gasteiger partial charge < -0.3 is 10.1 Å². The van der Waals surface area contributed by atoms with Crippen LogP contribution in [0.5, 0.6) is 5.75 Å². The Hall–Kier alpha value is -2.11. The molecule has 0 spiro atoms. The van der Waals surface area contributed by atoms with E-state index in [4.69, 9.17) is 10.00 Å². The van der Waals surface area contributed by atoms with E-state index in [1.54, 1.807) is 19.2 Å². The van der Waals surface area contributed by atoms with E-state index >= 15 is 0 Å². The molecule has 26 heavy (non-hydrogen) atoms. The van der Waals surface area contributed by atoms with Crippen LogP contribution in [0.1, 0.15) is 17.2 Å². The fourth-order valence-electron chi connectivity index (χ4n) is 3.04. The van der Waals surface area contributed by atoms with Crippen LogP contribution < -0.4 is 10.1 Å². The van der Waals surface area contributed by atoms with Crippen LogP contribution in [0.25, 0.3) is 0 Å². The molecule has 0 radical (unpaired) electrons. The van der Waals surface area contributed by atoms with Gasteiger partial charge in [0, 0.05) is 25.2 Å². The normalized spacial score (nSPS) is 17.8. The Morgan fingerprint density at radius 1 is 1.23 bits per heavy atom. The average molecular weight is 394 g/mol. The quantitative estimate of drug-likeness (QED) is 0.861. The Morgan fingerprint density at radius 2 is 2.00 bits per heavy atom. The lowest BCUT2D eigenvalue weighted by molar-refractivity contribution is 0.264. The van der Waals surface area contributed by atoms with E-state index in [1.807, 2.05) is 30.3 Å². The van der Waals surface area contributed by atoms with Gasteiger partial charge in [-0.05, 0) is 24.3 Å². The Balaban J connectivity index is 0.00000243. The molecule has 8 heteroatoms. The zero-order chi connectivity index (χ0) is 17.9. The van der Waals surface area contributed by atoms with Crippen molar-refractivity contribution in [3.63, 3.8) is 0 Å². The van der Waals surface area contributed by atoms with Gasteiger partial charge in [0.05, 0.1) is 29.7 Å². The molecule has 0 amide bonds. The highest BCUT2D eigenvalue weighted by molar-refractivity contribution is 7.89. The SMILES string of the molecule is COc1ccccc1C1CNCCN1S(=O)(=O)c1cccc(C#N)c1.Cl. The van der Waals surface area contributed by atoms with Crippen LogP contribution in [-0.4, -0.2) is 39.5 Å². The summed E-state index contributed by atoms with van der Waals surface area (Å²) in [5.74, 6) is 0.655. The van der Waals surface area contributed by atoms with Crippen molar-refractivity contribution in [3.8, 4) is 11.8 Å². The number of para-hydroxylation sites is 1. The fourth-order valence-corrected chi connectivity index (χ4v) is 4.69. The number of nitriles is 1. The number of sulfonamides is 1. The molecule has 1 unspecified atom stereocenters. The molecular formula is C18H20ClN3O3S. The summed E-state index contributed by atoms with van der Waals surface area (Å²) in [6.07, 6.45) is 0. The summed E-state index contributed by atoms with van der Waals surface area (Å²) in [5.41, 5.74) is 1.14. The number of methoxy groups -OCH3 is 1. The maximum absolute atomic E-state index is 13.2. The van der Waals surface area contributed by atoms with E-state index in [2.05, 4.69) is 5.32 Å². The first kappa shape index (κ1) is 20.2. The summed E-state index contributed by atoms with van der Waals surface area (Å²) in [7, 11) is -2.16. The predicted molar refractivity (Wildman–Crippen MR) is 101 cm³/mol. The van der Waals surface area contributed by atoms with Gasteiger partial charge >= 0.3 is 0 Å². The number of benzene rings is 2. The number of hydrogen-bond donors (Lipinski definition) is 1. The van der Waals surface area contributed by atoms with Crippen molar-refractivity contribution >= 4 is 22.4 Å². The molecule has 0 aromatic heterocycles. The second-order valence-electron chi connectivity index (χ2n) is 5.72. The smallest absolute Gasteiger partial charge is 0.243 e. The third-order valence-corrected chi connectivity index (χ3v) is 6.17. The van der Waals surface area contributed by atoms with Crippen LogP contribution >= 0.6 is 12.4 Å². The van der Waals surface area contributed by atoms with Gasteiger partial charge in [-0.2, -0.15) is 9.57 Å². The molecule has 1 aliphatic heterocycles. The number of hydrogen-bond acceptors (Lipinski definition) is 5. The topological polar surface area (TPSA) is 82.4 Å². The van der Waals surface area contributed by atoms with Crippen molar-refractivity contribution in [2.24, 2.45) is 0 Å². The third-order valence-electron chi connectivity index (χ3n) is 4.26. The van der Waals surface area contributed by atoms with E-state index in [-0.39, 0.29) is 23.3 Å². The summed E-state index contributed by atoms with van der Waals surface area (Å²) in [5, 5.41) is 12.3. The summed E-state index contributed by atoms with van der Waals surface area (Å²) in [6, 6.07) is 15.2. The maximum Gasteiger partial charge on any atom is 0.243 e. The van der Waals surface area contributed by atoms with Crippen LogP contribution in [0.3, 0.4) is 0 Å². The van der Waals surface area contributed by atoms with Gasteiger partial charge in [-0.15, -0.1) is 12.4 Å². The lowest BCUT2D eigenvalue weighted by Gasteiger charge is -2.36. The van der Waals surface area contributed by atoms with Gasteiger partial charge in [0.1, 0.15) is 5.75 Å². The van der Waals surface area contributed by atoms with Gasteiger partial charge in [-0.1, -0.05) is 24.3 Å². The zero-order valence-electron chi connectivity index (χ0n) is 14.3. The molecule has 1 N–H and O–H groups in total. The predicted octanol–water partition coefficient (Wildman–Crippen LogP) is 2.32. The van der Waals surface area contributed by atoms with E-state index in [9.17, 15) is 8.42 Å². The number of nitrogens with zero attached hydrogens (tertiary/aromatic N) is 2. The Kier molecular flexibility index (Phi) is 6.62. The Bertz CT molecular complexity index is 912. The van der Waals surface area contributed by atoms with E-state index < -0.39 is 10.0 Å². The second kappa shape index (κ2) is 8.52. The highest BCUT2D eigenvalue weighted by Crippen LogP contribution is 2.33. The monoisotopic (exact) mass is 393 g/mol. The Morgan fingerprint density at radius 3 is 2.73 bits per heavy atom. The molecule has 1 heterocycles. The highest BCUT2D eigenvalue weighted by Gasteiger charge is 2.35. The largest absolute Gasteiger partial charge is 0.496 e. The Labute approximate surface area is 159 Å². The number of nitrogens with one attached hydrogen (secondary N) is 1. The van der Waals surface area contributed by atoms with Gasteiger partial charge in [-0.25, -0.2) is 8.42 Å². The minimum absolute atomic E-state index is 0. The highest BCUT2D eigenvalue weighted by atomic mass is 35.5. The lowest BCUT2D eigenvalue weighted by Crippen LogP contribution is -2.48. The molecule has 2 aromatic carbocycles. The average Bonchev–Trinajstić information content (AvgIpc) is 2.68. The van der Waals surface area contributed by atoms with Gasteiger partial charge in [0.25, 0.3) is 0 Å². The van der Waals surface area contributed by atoms with Crippen molar-refractivity contribution < 1.29 is 13.2 Å².